The Kier molecular flexibility index (Phi) is 4.19. The molecule has 0 bridgehead atoms. The monoisotopic (exact) mass is 229 g/mol. The van der Waals surface area contributed by atoms with Crippen molar-refractivity contribution in [3.63, 3.8) is 0 Å². The van der Waals surface area contributed by atoms with Crippen LogP contribution in [0.4, 0.5) is 4.79 Å². The van der Waals surface area contributed by atoms with Crippen molar-refractivity contribution in [3.8, 4) is 0 Å². The predicted octanol–water partition coefficient (Wildman–Crippen LogP) is 2.01. The van der Waals surface area contributed by atoms with E-state index in [-0.39, 0.29) is 12.2 Å². The number of ether oxygens (including phenoxy) is 1. The van der Waals surface area contributed by atoms with Gasteiger partial charge < -0.3 is 14.7 Å². The van der Waals surface area contributed by atoms with Crippen molar-refractivity contribution in [2.75, 3.05) is 13.1 Å². The summed E-state index contributed by atoms with van der Waals surface area (Å²) in [7, 11) is 0. The van der Waals surface area contributed by atoms with Gasteiger partial charge in [-0.15, -0.1) is 0 Å². The van der Waals surface area contributed by atoms with E-state index in [1.54, 1.807) is 4.90 Å². The number of aliphatic hydroxyl groups excluding tert-OH is 1. The summed E-state index contributed by atoms with van der Waals surface area (Å²) >= 11 is 0. The Hall–Kier alpha value is -0.770. The van der Waals surface area contributed by atoms with Gasteiger partial charge in [-0.25, -0.2) is 4.79 Å². The summed E-state index contributed by atoms with van der Waals surface area (Å²) < 4.78 is 5.32. The van der Waals surface area contributed by atoms with Crippen molar-refractivity contribution in [1.82, 2.24) is 4.90 Å². The van der Waals surface area contributed by atoms with E-state index in [0.29, 0.717) is 25.4 Å². The van der Waals surface area contributed by atoms with Crippen LogP contribution in [-0.4, -0.2) is 40.9 Å². The van der Waals surface area contributed by atoms with Gasteiger partial charge in [0.15, 0.2) is 0 Å². The van der Waals surface area contributed by atoms with Crippen LogP contribution in [0.2, 0.25) is 0 Å². The second-order valence-electron chi connectivity index (χ2n) is 5.71. The number of hydrogen-bond donors (Lipinski definition) is 1. The molecule has 0 aliphatic carbocycles. The van der Waals surface area contributed by atoms with Crippen LogP contribution in [0.5, 0.6) is 0 Å². The van der Waals surface area contributed by atoms with Crippen LogP contribution in [0.25, 0.3) is 0 Å². The van der Waals surface area contributed by atoms with E-state index in [9.17, 15) is 9.90 Å². The second-order valence-corrected chi connectivity index (χ2v) is 5.71. The zero-order valence-corrected chi connectivity index (χ0v) is 10.7. The molecule has 0 aromatic heterocycles. The Labute approximate surface area is 97.6 Å². The van der Waals surface area contributed by atoms with E-state index in [0.717, 1.165) is 6.42 Å². The fraction of sp³-hybridized carbons (Fsp3) is 0.917. The predicted molar refractivity (Wildman–Crippen MR) is 62.2 cm³/mol. The summed E-state index contributed by atoms with van der Waals surface area (Å²) in [4.78, 5) is 13.5. The van der Waals surface area contributed by atoms with Gasteiger partial charge in [0.1, 0.15) is 5.60 Å². The number of carbonyl (C=O) groups is 1. The second kappa shape index (κ2) is 5.04. The van der Waals surface area contributed by atoms with Gasteiger partial charge in [-0.3, -0.25) is 0 Å². The van der Waals surface area contributed by atoms with Crippen molar-refractivity contribution in [1.29, 1.82) is 0 Å². The Morgan fingerprint density at radius 2 is 2.06 bits per heavy atom. The molecule has 1 saturated heterocycles. The lowest BCUT2D eigenvalue weighted by Crippen LogP contribution is -2.38. The first-order valence-corrected chi connectivity index (χ1v) is 5.94. The Morgan fingerprint density at radius 1 is 1.44 bits per heavy atom. The van der Waals surface area contributed by atoms with Crippen LogP contribution in [0.15, 0.2) is 0 Å². The van der Waals surface area contributed by atoms with Crippen LogP contribution in [0.3, 0.4) is 0 Å². The molecule has 0 saturated carbocycles. The van der Waals surface area contributed by atoms with E-state index in [4.69, 9.17) is 4.74 Å². The number of likely N-dealkylation sites (tertiary alicyclic amines) is 1. The topological polar surface area (TPSA) is 49.8 Å². The van der Waals surface area contributed by atoms with E-state index < -0.39 is 5.60 Å². The van der Waals surface area contributed by atoms with E-state index in [1.807, 2.05) is 27.7 Å². The van der Waals surface area contributed by atoms with Crippen LogP contribution < -0.4 is 0 Å². The van der Waals surface area contributed by atoms with Crippen LogP contribution in [-0.2, 0) is 4.74 Å². The zero-order chi connectivity index (χ0) is 12.3. The average Bonchev–Trinajstić information content (AvgIpc) is 2.23. The number of nitrogens with zero attached hydrogens (tertiary/aromatic N) is 1. The molecule has 1 rings (SSSR count). The minimum Gasteiger partial charge on any atom is -0.444 e. The highest BCUT2D eigenvalue weighted by Crippen LogP contribution is 2.18. The van der Waals surface area contributed by atoms with Gasteiger partial charge in [0, 0.05) is 13.1 Å². The van der Waals surface area contributed by atoms with Crippen LogP contribution in [0, 0.1) is 5.92 Å². The Balaban J connectivity index is 2.55. The van der Waals surface area contributed by atoms with Crippen molar-refractivity contribution in [3.05, 3.63) is 0 Å². The molecule has 1 heterocycles. The molecule has 1 amide bonds. The number of amides is 1. The maximum absolute atomic E-state index is 11.8. The van der Waals surface area contributed by atoms with Gasteiger partial charge in [-0.05, 0) is 39.5 Å². The highest BCUT2D eigenvalue weighted by molar-refractivity contribution is 5.68. The zero-order valence-electron chi connectivity index (χ0n) is 10.7. The van der Waals surface area contributed by atoms with Crippen molar-refractivity contribution < 1.29 is 14.6 Å². The summed E-state index contributed by atoms with van der Waals surface area (Å²) in [6, 6.07) is 0. The molecule has 1 unspecified atom stereocenters. The van der Waals surface area contributed by atoms with Crippen molar-refractivity contribution in [2.24, 2.45) is 5.92 Å². The first-order chi connectivity index (χ1) is 7.28. The molecule has 0 aromatic carbocycles. The van der Waals surface area contributed by atoms with Crippen molar-refractivity contribution in [2.45, 2.75) is 52.2 Å². The summed E-state index contributed by atoms with van der Waals surface area (Å²) in [5.74, 6) is 0.324. The third kappa shape index (κ3) is 4.39. The molecule has 4 heteroatoms. The quantitative estimate of drug-likeness (QED) is 0.691. The third-order valence-electron chi connectivity index (χ3n) is 2.59. The number of carbonyl (C=O) groups excluding carboxylic acids is 1. The van der Waals surface area contributed by atoms with E-state index in [2.05, 4.69) is 0 Å². The first-order valence-electron chi connectivity index (χ1n) is 5.94. The fourth-order valence-corrected chi connectivity index (χ4v) is 1.92. The standard InChI is InChI=1S/C12H23NO3/c1-9-7-10(14)5-6-13(8-9)11(15)16-12(2,3)4/h9-10,14H,5-8H2,1-4H3/t9-,10?/m0/s1. The van der Waals surface area contributed by atoms with Gasteiger partial charge in [-0.1, -0.05) is 6.92 Å². The molecule has 1 aliphatic heterocycles. The SMILES string of the molecule is C[C@H]1CC(O)CCN(C(=O)OC(C)(C)C)C1. The summed E-state index contributed by atoms with van der Waals surface area (Å²) in [5, 5.41) is 9.61. The van der Waals surface area contributed by atoms with Crippen LogP contribution >= 0.6 is 0 Å². The third-order valence-corrected chi connectivity index (χ3v) is 2.59. The fourth-order valence-electron chi connectivity index (χ4n) is 1.92. The van der Waals surface area contributed by atoms with Gasteiger partial charge >= 0.3 is 6.09 Å². The summed E-state index contributed by atoms with van der Waals surface area (Å²) in [5.41, 5.74) is -0.453. The summed E-state index contributed by atoms with van der Waals surface area (Å²) in [6.45, 7) is 8.89. The molecule has 4 nitrogen and oxygen atoms in total. The molecule has 1 aliphatic rings. The molecule has 16 heavy (non-hydrogen) atoms. The highest BCUT2D eigenvalue weighted by Gasteiger charge is 2.27. The average molecular weight is 229 g/mol. The van der Waals surface area contributed by atoms with E-state index in [1.165, 1.54) is 0 Å². The summed E-state index contributed by atoms with van der Waals surface area (Å²) in [6.07, 6.45) is 0.846. The molecule has 0 aromatic rings. The minimum atomic E-state index is -0.453. The maximum atomic E-state index is 11.8. The van der Waals surface area contributed by atoms with E-state index >= 15 is 0 Å². The van der Waals surface area contributed by atoms with Crippen LogP contribution in [0.1, 0.15) is 40.5 Å². The molecule has 1 N–H and O–H groups in total. The minimum absolute atomic E-state index is 0.270. The largest absolute Gasteiger partial charge is 0.444 e. The lowest BCUT2D eigenvalue weighted by atomic mass is 10.0. The van der Waals surface area contributed by atoms with Gasteiger partial charge in [0.2, 0.25) is 0 Å². The lowest BCUT2D eigenvalue weighted by molar-refractivity contribution is 0.0235. The molecule has 94 valence electrons. The Bertz CT molecular complexity index is 247. The maximum Gasteiger partial charge on any atom is 0.410 e. The molecule has 1 fully saturated rings. The first kappa shape index (κ1) is 13.3. The molecular weight excluding hydrogens is 206 g/mol. The van der Waals surface area contributed by atoms with Crippen molar-refractivity contribution >= 4 is 6.09 Å². The number of rotatable bonds is 0. The Morgan fingerprint density at radius 3 is 2.62 bits per heavy atom. The number of hydrogen-bond acceptors (Lipinski definition) is 3. The normalized spacial score (nSPS) is 27.4. The molecule has 0 spiro atoms. The smallest absolute Gasteiger partial charge is 0.410 e. The molecular formula is C12H23NO3. The number of aliphatic hydroxyl groups is 1. The molecule has 0 radical (unpaired) electrons. The lowest BCUT2D eigenvalue weighted by Gasteiger charge is -2.27. The highest BCUT2D eigenvalue weighted by atomic mass is 16.6. The van der Waals surface area contributed by atoms with Gasteiger partial charge in [-0.2, -0.15) is 0 Å². The van der Waals surface area contributed by atoms with Gasteiger partial charge in [0.25, 0.3) is 0 Å². The molecule has 2 atom stereocenters. The van der Waals surface area contributed by atoms with Gasteiger partial charge in [0.05, 0.1) is 6.10 Å².